The molecule has 24 heavy (non-hydrogen) atoms. The second-order valence-electron chi connectivity index (χ2n) is 5.77. The molecule has 1 unspecified atom stereocenters. The molecule has 0 heterocycles. The average Bonchev–Trinajstić information content (AvgIpc) is 2.63. The van der Waals surface area contributed by atoms with E-state index >= 15 is 0 Å². The minimum Gasteiger partial charge on any atom is -0.387 e. The van der Waals surface area contributed by atoms with E-state index < -0.39 is 6.10 Å². The molecule has 0 fully saturated rings. The molecule has 0 saturated carbocycles. The van der Waals surface area contributed by atoms with Gasteiger partial charge in [0.05, 0.1) is 6.10 Å². The first-order valence-electron chi connectivity index (χ1n) is 8.00. The van der Waals surface area contributed by atoms with Crippen LogP contribution in [0.2, 0.25) is 0 Å². The van der Waals surface area contributed by atoms with Crippen molar-refractivity contribution >= 4 is 21.6 Å². The van der Waals surface area contributed by atoms with Crippen molar-refractivity contribution in [2.24, 2.45) is 0 Å². The van der Waals surface area contributed by atoms with E-state index in [1.165, 1.54) is 5.56 Å². The smallest absolute Gasteiger partial charge is 0.0964 e. The topological polar surface area (TPSA) is 23.5 Å². The lowest BCUT2D eigenvalue weighted by molar-refractivity contribution is 0.183. The molecule has 3 aromatic carbocycles. The SMILES string of the molecule is OC(CN(Cc1ccccc1)c1ccccc1)c1ccc(Br)cc1. The van der Waals surface area contributed by atoms with E-state index in [1.807, 2.05) is 60.7 Å². The van der Waals surface area contributed by atoms with Gasteiger partial charge in [-0.05, 0) is 35.4 Å². The molecule has 0 radical (unpaired) electrons. The van der Waals surface area contributed by atoms with Crippen LogP contribution >= 0.6 is 15.9 Å². The summed E-state index contributed by atoms with van der Waals surface area (Å²) in [6, 6.07) is 28.4. The third-order valence-electron chi connectivity index (χ3n) is 3.99. The zero-order valence-electron chi connectivity index (χ0n) is 13.3. The van der Waals surface area contributed by atoms with Gasteiger partial charge in [0, 0.05) is 23.2 Å². The van der Waals surface area contributed by atoms with Crippen molar-refractivity contribution in [2.45, 2.75) is 12.6 Å². The molecule has 0 saturated heterocycles. The van der Waals surface area contributed by atoms with Crippen LogP contribution in [0.15, 0.2) is 89.4 Å². The highest BCUT2D eigenvalue weighted by molar-refractivity contribution is 9.10. The molecule has 3 aromatic rings. The fourth-order valence-electron chi connectivity index (χ4n) is 2.70. The van der Waals surface area contributed by atoms with E-state index in [1.54, 1.807) is 0 Å². The van der Waals surface area contributed by atoms with Gasteiger partial charge in [0.1, 0.15) is 0 Å². The van der Waals surface area contributed by atoms with E-state index in [0.717, 1.165) is 22.3 Å². The van der Waals surface area contributed by atoms with Gasteiger partial charge in [-0.2, -0.15) is 0 Å². The van der Waals surface area contributed by atoms with Crippen molar-refractivity contribution in [3.05, 3.63) is 101 Å². The molecule has 3 heteroatoms. The lowest BCUT2D eigenvalue weighted by atomic mass is 10.1. The van der Waals surface area contributed by atoms with Crippen LogP contribution in [0.25, 0.3) is 0 Å². The van der Waals surface area contributed by atoms with Crippen molar-refractivity contribution in [2.75, 3.05) is 11.4 Å². The molecular weight excluding hydrogens is 362 g/mol. The third-order valence-corrected chi connectivity index (χ3v) is 4.51. The number of nitrogens with zero attached hydrogens (tertiary/aromatic N) is 1. The van der Waals surface area contributed by atoms with Crippen LogP contribution in [-0.2, 0) is 6.54 Å². The number of benzene rings is 3. The minimum atomic E-state index is -0.540. The summed E-state index contributed by atoms with van der Waals surface area (Å²) < 4.78 is 1.02. The second-order valence-corrected chi connectivity index (χ2v) is 6.68. The lowest BCUT2D eigenvalue weighted by Gasteiger charge is -2.28. The van der Waals surface area contributed by atoms with Gasteiger partial charge < -0.3 is 10.0 Å². The van der Waals surface area contributed by atoms with Crippen molar-refractivity contribution < 1.29 is 5.11 Å². The number of halogens is 1. The van der Waals surface area contributed by atoms with Gasteiger partial charge in [0.2, 0.25) is 0 Å². The Hall–Kier alpha value is -2.10. The van der Waals surface area contributed by atoms with Gasteiger partial charge in [0.25, 0.3) is 0 Å². The molecule has 122 valence electrons. The summed E-state index contributed by atoms with van der Waals surface area (Å²) in [6.07, 6.45) is -0.540. The number of aliphatic hydroxyl groups is 1. The van der Waals surface area contributed by atoms with Gasteiger partial charge in [-0.25, -0.2) is 0 Å². The summed E-state index contributed by atoms with van der Waals surface area (Å²) in [5, 5.41) is 10.7. The average molecular weight is 382 g/mol. The summed E-state index contributed by atoms with van der Waals surface area (Å²) >= 11 is 3.43. The first-order chi connectivity index (χ1) is 11.7. The van der Waals surface area contributed by atoms with Crippen LogP contribution in [0, 0.1) is 0 Å². The number of rotatable bonds is 6. The number of para-hydroxylation sites is 1. The first-order valence-corrected chi connectivity index (χ1v) is 8.79. The highest BCUT2D eigenvalue weighted by Gasteiger charge is 2.14. The quantitative estimate of drug-likeness (QED) is 0.634. The minimum absolute atomic E-state index is 0.540. The Bertz CT molecular complexity index is 744. The number of anilines is 1. The summed E-state index contributed by atoms with van der Waals surface area (Å²) in [7, 11) is 0. The molecule has 0 aromatic heterocycles. The maximum Gasteiger partial charge on any atom is 0.0964 e. The fourth-order valence-corrected chi connectivity index (χ4v) is 2.97. The van der Waals surface area contributed by atoms with Crippen molar-refractivity contribution in [1.29, 1.82) is 0 Å². The zero-order valence-corrected chi connectivity index (χ0v) is 14.9. The molecule has 1 atom stereocenters. The molecule has 0 aliphatic carbocycles. The molecule has 1 N–H and O–H groups in total. The fraction of sp³-hybridized carbons (Fsp3) is 0.143. The number of hydrogen-bond donors (Lipinski definition) is 1. The van der Waals surface area contributed by atoms with Gasteiger partial charge >= 0.3 is 0 Å². The Morgan fingerprint density at radius 2 is 1.38 bits per heavy atom. The molecule has 0 aliphatic heterocycles. The summed E-state index contributed by atoms with van der Waals surface area (Å²) in [4.78, 5) is 2.21. The predicted molar refractivity (Wildman–Crippen MR) is 103 cm³/mol. The predicted octanol–water partition coefficient (Wildman–Crippen LogP) is 5.19. The Morgan fingerprint density at radius 3 is 2.00 bits per heavy atom. The summed E-state index contributed by atoms with van der Waals surface area (Å²) in [5.74, 6) is 0. The highest BCUT2D eigenvalue weighted by atomic mass is 79.9. The first kappa shape index (κ1) is 16.7. The van der Waals surface area contributed by atoms with Crippen molar-refractivity contribution in [3.63, 3.8) is 0 Å². The summed E-state index contributed by atoms with van der Waals surface area (Å²) in [6.45, 7) is 1.30. The Balaban J connectivity index is 1.80. The maximum atomic E-state index is 10.7. The van der Waals surface area contributed by atoms with E-state index in [9.17, 15) is 5.11 Å². The number of hydrogen-bond acceptors (Lipinski definition) is 2. The van der Waals surface area contributed by atoms with Crippen molar-refractivity contribution in [1.82, 2.24) is 0 Å². The third kappa shape index (κ3) is 4.47. The molecule has 0 spiro atoms. The van der Waals surface area contributed by atoms with Crippen LogP contribution in [0.3, 0.4) is 0 Å². The van der Waals surface area contributed by atoms with Crippen LogP contribution in [0.1, 0.15) is 17.2 Å². The van der Waals surface area contributed by atoms with Crippen LogP contribution < -0.4 is 4.90 Å². The van der Waals surface area contributed by atoms with E-state index in [0.29, 0.717) is 6.54 Å². The Kier molecular flexibility index (Phi) is 5.68. The highest BCUT2D eigenvalue weighted by Crippen LogP contribution is 2.23. The van der Waals surface area contributed by atoms with E-state index in [4.69, 9.17) is 0 Å². The Morgan fingerprint density at radius 1 is 0.792 bits per heavy atom. The second kappa shape index (κ2) is 8.13. The molecule has 0 aliphatic rings. The van der Waals surface area contributed by atoms with Gasteiger partial charge in [-0.1, -0.05) is 76.6 Å². The van der Waals surface area contributed by atoms with E-state index in [-0.39, 0.29) is 0 Å². The largest absolute Gasteiger partial charge is 0.387 e. The molecule has 2 nitrogen and oxygen atoms in total. The molecule has 0 bridgehead atoms. The van der Waals surface area contributed by atoms with Gasteiger partial charge in [-0.3, -0.25) is 0 Å². The van der Waals surface area contributed by atoms with Crippen LogP contribution in [0.4, 0.5) is 5.69 Å². The van der Waals surface area contributed by atoms with Gasteiger partial charge in [-0.15, -0.1) is 0 Å². The van der Waals surface area contributed by atoms with Crippen LogP contribution in [-0.4, -0.2) is 11.7 Å². The normalized spacial score (nSPS) is 11.9. The molecule has 3 rings (SSSR count). The van der Waals surface area contributed by atoms with Gasteiger partial charge in [0.15, 0.2) is 0 Å². The molecular formula is C21H20BrNO. The maximum absolute atomic E-state index is 10.7. The molecule has 0 amide bonds. The lowest BCUT2D eigenvalue weighted by Crippen LogP contribution is -2.28. The van der Waals surface area contributed by atoms with Crippen LogP contribution in [0.5, 0.6) is 0 Å². The zero-order chi connectivity index (χ0) is 16.8. The number of aliphatic hydroxyl groups excluding tert-OH is 1. The summed E-state index contributed by atoms with van der Waals surface area (Å²) in [5.41, 5.74) is 3.26. The van der Waals surface area contributed by atoms with Crippen molar-refractivity contribution in [3.8, 4) is 0 Å². The van der Waals surface area contributed by atoms with E-state index in [2.05, 4.69) is 45.1 Å². The Labute approximate surface area is 151 Å². The standard InChI is InChI=1S/C21H20BrNO/c22-19-13-11-18(12-14-19)21(24)16-23(20-9-5-2-6-10-20)15-17-7-3-1-4-8-17/h1-14,21,24H,15-16H2. The monoisotopic (exact) mass is 381 g/mol.